The van der Waals surface area contributed by atoms with Gasteiger partial charge in [0.2, 0.25) is 16.8 Å². The number of rotatable bonds is 5. The number of amides is 2. The summed E-state index contributed by atoms with van der Waals surface area (Å²) in [6, 6.07) is 16.0. The summed E-state index contributed by atoms with van der Waals surface area (Å²) in [4.78, 5) is 29.3. The van der Waals surface area contributed by atoms with Crippen LogP contribution in [0.4, 0.5) is 5.69 Å². The van der Waals surface area contributed by atoms with Crippen molar-refractivity contribution in [3.8, 4) is 0 Å². The minimum Gasteiger partial charge on any atom is -0.340 e. The van der Waals surface area contributed by atoms with E-state index in [-0.39, 0.29) is 17.7 Å². The number of hydrogen-bond acceptors (Lipinski definition) is 4. The molecule has 1 fully saturated rings. The van der Waals surface area contributed by atoms with Gasteiger partial charge in [0, 0.05) is 37.4 Å². The lowest BCUT2D eigenvalue weighted by Gasteiger charge is -2.25. The minimum atomic E-state index is -2.73. The summed E-state index contributed by atoms with van der Waals surface area (Å²) in [7, 11) is -2.73. The number of benzene rings is 2. The predicted octanol–water partition coefficient (Wildman–Crippen LogP) is 2.10. The highest BCUT2D eigenvalue weighted by molar-refractivity contribution is 7.73. The molecule has 1 saturated heterocycles. The zero-order valence-corrected chi connectivity index (χ0v) is 17.2. The molecule has 2 aromatic carbocycles. The van der Waals surface area contributed by atoms with E-state index in [0.717, 1.165) is 12.0 Å². The molecule has 1 aliphatic rings. The van der Waals surface area contributed by atoms with Gasteiger partial charge in [-0.25, -0.2) is 8.42 Å². The summed E-state index contributed by atoms with van der Waals surface area (Å²) in [5.41, 5.74) is 1.90. The topological polar surface area (TPSA) is 86.8 Å². The second-order valence-corrected chi connectivity index (χ2v) is 7.79. The highest BCUT2D eigenvalue weighted by Gasteiger charge is 2.26. The highest BCUT2D eigenvalue weighted by Crippen LogP contribution is 2.19. The number of hydrogen-bond donors (Lipinski definition) is 2. The Labute approximate surface area is 172 Å². The summed E-state index contributed by atoms with van der Waals surface area (Å²) in [5, 5.41) is 0. The van der Waals surface area contributed by atoms with Crippen LogP contribution in [-0.2, 0) is 15.7 Å². The number of carbonyl (C=O) groups is 2. The fourth-order valence-electron chi connectivity index (χ4n) is 3.47. The maximum Gasteiger partial charge on any atom is 0.253 e. The quantitative estimate of drug-likeness (QED) is 0.733. The molecule has 0 aromatic heterocycles. The Bertz CT molecular complexity index is 921. The van der Waals surface area contributed by atoms with Gasteiger partial charge in [0.15, 0.2) is 0 Å². The molecule has 0 bridgehead atoms. The molecule has 1 atom stereocenters. The average molecular weight is 416 g/mol. The van der Waals surface area contributed by atoms with Gasteiger partial charge in [0.05, 0.1) is 5.92 Å². The molecular formula is C21H25N3O4S. The van der Waals surface area contributed by atoms with E-state index >= 15 is 0 Å². The predicted molar refractivity (Wildman–Crippen MR) is 112 cm³/mol. The van der Waals surface area contributed by atoms with Crippen LogP contribution in [0.3, 0.4) is 0 Å². The maximum absolute atomic E-state index is 12.9. The van der Waals surface area contributed by atoms with Crippen molar-refractivity contribution in [3.63, 3.8) is 0 Å². The van der Waals surface area contributed by atoms with Gasteiger partial charge >= 0.3 is 0 Å². The van der Waals surface area contributed by atoms with Gasteiger partial charge in [-0.3, -0.25) is 14.3 Å². The molecule has 8 heteroatoms. The van der Waals surface area contributed by atoms with Gasteiger partial charge in [0.1, 0.15) is 0 Å². The van der Waals surface area contributed by atoms with E-state index in [1.165, 1.54) is 0 Å². The van der Waals surface area contributed by atoms with Gasteiger partial charge in [-0.15, -0.1) is 0 Å². The van der Waals surface area contributed by atoms with Crippen molar-refractivity contribution in [1.82, 2.24) is 9.80 Å². The van der Waals surface area contributed by atoms with Crippen LogP contribution in [0.1, 0.15) is 35.2 Å². The number of carbonyl (C=O) groups excluding carboxylic acids is 2. The summed E-state index contributed by atoms with van der Waals surface area (Å²) in [5.74, 6) is -0.257. The van der Waals surface area contributed by atoms with Crippen molar-refractivity contribution in [3.05, 3.63) is 65.7 Å². The first-order valence-electron chi connectivity index (χ1n) is 9.60. The molecule has 1 unspecified atom stereocenters. The number of anilines is 1. The van der Waals surface area contributed by atoms with E-state index in [9.17, 15) is 18.0 Å². The molecule has 2 aromatic rings. The molecule has 3 rings (SSSR count). The van der Waals surface area contributed by atoms with Crippen LogP contribution in [0.25, 0.3) is 0 Å². The van der Waals surface area contributed by atoms with Gasteiger partial charge in [-0.1, -0.05) is 30.3 Å². The largest absolute Gasteiger partial charge is 0.340 e. The summed E-state index contributed by atoms with van der Waals surface area (Å²) < 4.78 is 23.7. The zero-order chi connectivity index (χ0) is 20.8. The third-order valence-corrected chi connectivity index (χ3v) is 5.56. The number of nitrogens with one attached hydrogen (secondary N) is 1. The monoisotopic (exact) mass is 415 g/mol. The van der Waals surface area contributed by atoms with E-state index < -0.39 is 10.9 Å². The lowest BCUT2D eigenvalue weighted by atomic mass is 10.00. The van der Waals surface area contributed by atoms with Crippen molar-refractivity contribution < 1.29 is 18.0 Å². The molecule has 0 spiro atoms. The maximum atomic E-state index is 12.9. The minimum absolute atomic E-state index is 0.0765. The fourth-order valence-corrected chi connectivity index (χ4v) is 3.83. The van der Waals surface area contributed by atoms with Gasteiger partial charge in [0.25, 0.3) is 5.91 Å². The summed E-state index contributed by atoms with van der Waals surface area (Å²) in [6.07, 6.45) is 0.718. The van der Waals surface area contributed by atoms with Crippen molar-refractivity contribution >= 4 is 28.4 Å². The molecule has 2 amide bonds. The molecule has 0 saturated carbocycles. The second-order valence-electron chi connectivity index (χ2n) is 7.05. The van der Waals surface area contributed by atoms with Crippen LogP contribution < -0.4 is 4.72 Å². The highest BCUT2D eigenvalue weighted by atomic mass is 32.2. The van der Waals surface area contributed by atoms with Crippen molar-refractivity contribution in [2.24, 2.45) is 0 Å². The van der Waals surface area contributed by atoms with Gasteiger partial charge in [-0.2, -0.15) is 0 Å². The van der Waals surface area contributed by atoms with Gasteiger partial charge < -0.3 is 9.80 Å². The first kappa shape index (κ1) is 20.9. The molecular weight excluding hydrogens is 390 g/mol. The van der Waals surface area contributed by atoms with E-state index in [2.05, 4.69) is 4.72 Å². The molecule has 154 valence electrons. The third-order valence-electron chi connectivity index (χ3n) is 5.12. The van der Waals surface area contributed by atoms with E-state index in [0.29, 0.717) is 37.4 Å². The first-order chi connectivity index (χ1) is 14.0. The van der Waals surface area contributed by atoms with Crippen LogP contribution in [0.2, 0.25) is 0 Å². The van der Waals surface area contributed by atoms with Crippen LogP contribution >= 0.6 is 0 Å². The summed E-state index contributed by atoms with van der Waals surface area (Å²) in [6.45, 7) is 4.08. The van der Waals surface area contributed by atoms with E-state index in [1.54, 1.807) is 29.2 Å². The number of nitrogens with zero attached hydrogens (tertiary/aromatic N) is 2. The van der Waals surface area contributed by atoms with Crippen molar-refractivity contribution in [2.45, 2.75) is 19.3 Å². The van der Waals surface area contributed by atoms with Crippen molar-refractivity contribution in [2.75, 3.05) is 30.9 Å². The Hall–Kier alpha value is -2.87. The lowest BCUT2D eigenvalue weighted by Crippen LogP contribution is -2.39. The molecule has 1 aliphatic heterocycles. The Morgan fingerprint density at radius 2 is 1.52 bits per heavy atom. The molecule has 7 nitrogen and oxygen atoms in total. The smallest absolute Gasteiger partial charge is 0.253 e. The average Bonchev–Trinajstić information content (AvgIpc) is 2.99. The zero-order valence-electron chi connectivity index (χ0n) is 16.3. The second kappa shape index (κ2) is 9.56. The third kappa shape index (κ3) is 5.35. The van der Waals surface area contributed by atoms with E-state index in [4.69, 9.17) is 0 Å². The van der Waals surface area contributed by atoms with Crippen LogP contribution in [-0.4, -0.2) is 56.2 Å². The fraction of sp³-hybridized carbons (Fsp3) is 0.333. The van der Waals surface area contributed by atoms with Gasteiger partial charge in [-0.05, 0) is 43.2 Å². The summed E-state index contributed by atoms with van der Waals surface area (Å²) >= 11 is 0. The molecule has 0 radical (unpaired) electrons. The Morgan fingerprint density at radius 1 is 0.897 bits per heavy atom. The Morgan fingerprint density at radius 3 is 2.17 bits per heavy atom. The number of thiol groups is 1. The first-order valence-corrected chi connectivity index (χ1v) is 10.8. The normalized spacial score (nSPS) is 15.7. The molecule has 1 heterocycles. The van der Waals surface area contributed by atoms with Crippen LogP contribution in [0, 0.1) is 0 Å². The van der Waals surface area contributed by atoms with Crippen molar-refractivity contribution in [1.29, 1.82) is 0 Å². The van der Waals surface area contributed by atoms with Crippen LogP contribution in [0.15, 0.2) is 54.6 Å². The lowest BCUT2D eigenvalue weighted by molar-refractivity contribution is -0.132. The standard InChI is InChI=1S/C21H25N3O4S/c1-16(17-6-3-2-4-7-17)20(25)23-12-5-13-24(15-14-23)21(26)18-8-10-19(11-9-18)22-29(27)28/h2-4,6-11,16,29H,5,12-15H2,1H3,(H,22,27,28). The van der Waals surface area contributed by atoms with E-state index in [1.807, 2.05) is 42.2 Å². The molecule has 1 N–H and O–H groups in total. The molecule has 0 aliphatic carbocycles. The SMILES string of the molecule is CC(C(=O)N1CCCN(C(=O)c2ccc(N[SH](=O)=O)cc2)CC1)c1ccccc1. The Kier molecular flexibility index (Phi) is 6.87. The van der Waals surface area contributed by atoms with Crippen LogP contribution in [0.5, 0.6) is 0 Å². The molecule has 29 heavy (non-hydrogen) atoms. The Balaban J connectivity index is 1.61.